The Morgan fingerprint density at radius 1 is 1.19 bits per heavy atom. The standard InChI is InChI=1S/C20H26N4OS/c1-16-19(24-10-12-26-20(24)21-16)15-22-8-9-23(18(14-22)7-11-25)13-17-5-3-2-4-6-17/h2-6,10,12,18,25H,7-9,11,13-15H2,1H3/t18-/m1/s1. The Balaban J connectivity index is 1.45. The number of rotatable bonds is 6. The fourth-order valence-corrected chi connectivity index (χ4v) is 4.67. The van der Waals surface area contributed by atoms with Crippen LogP contribution >= 0.6 is 11.3 Å². The van der Waals surface area contributed by atoms with Crippen LogP contribution in [0.5, 0.6) is 0 Å². The molecule has 0 unspecified atom stereocenters. The lowest BCUT2D eigenvalue weighted by Crippen LogP contribution is -2.52. The third-order valence-corrected chi connectivity index (χ3v) is 6.07. The number of nitrogens with zero attached hydrogens (tertiary/aromatic N) is 4. The molecule has 6 heteroatoms. The number of aliphatic hydroxyl groups excluding tert-OH is 1. The molecule has 0 spiro atoms. The lowest BCUT2D eigenvalue weighted by Gasteiger charge is -2.41. The van der Waals surface area contributed by atoms with Gasteiger partial charge in [-0.2, -0.15) is 0 Å². The molecule has 0 saturated carbocycles. The topological polar surface area (TPSA) is 44.0 Å². The van der Waals surface area contributed by atoms with Crippen molar-refractivity contribution in [3.8, 4) is 0 Å². The van der Waals surface area contributed by atoms with Gasteiger partial charge in [-0.1, -0.05) is 30.3 Å². The second kappa shape index (κ2) is 7.88. The Kier molecular flexibility index (Phi) is 5.36. The molecule has 1 saturated heterocycles. The molecule has 1 aromatic carbocycles. The molecule has 5 nitrogen and oxygen atoms in total. The highest BCUT2D eigenvalue weighted by Crippen LogP contribution is 2.22. The van der Waals surface area contributed by atoms with Crippen LogP contribution in [0, 0.1) is 6.92 Å². The van der Waals surface area contributed by atoms with Gasteiger partial charge in [0, 0.05) is 56.9 Å². The predicted octanol–water partition coefficient (Wildman–Crippen LogP) is 2.77. The van der Waals surface area contributed by atoms with Crippen LogP contribution in [-0.4, -0.2) is 56.6 Å². The summed E-state index contributed by atoms with van der Waals surface area (Å²) in [7, 11) is 0. The van der Waals surface area contributed by atoms with Gasteiger partial charge >= 0.3 is 0 Å². The van der Waals surface area contributed by atoms with Crippen molar-refractivity contribution >= 4 is 16.3 Å². The van der Waals surface area contributed by atoms with E-state index in [1.165, 1.54) is 11.3 Å². The van der Waals surface area contributed by atoms with E-state index >= 15 is 0 Å². The molecule has 138 valence electrons. The Hall–Kier alpha value is -1.73. The van der Waals surface area contributed by atoms with Crippen LogP contribution < -0.4 is 0 Å². The van der Waals surface area contributed by atoms with E-state index in [0.717, 1.165) is 49.8 Å². The third kappa shape index (κ3) is 3.69. The highest BCUT2D eigenvalue weighted by Gasteiger charge is 2.27. The Morgan fingerprint density at radius 3 is 2.85 bits per heavy atom. The van der Waals surface area contributed by atoms with Crippen LogP contribution in [0.3, 0.4) is 0 Å². The zero-order valence-electron chi connectivity index (χ0n) is 15.2. The lowest BCUT2D eigenvalue weighted by molar-refractivity contribution is 0.0492. The molecule has 1 atom stereocenters. The first-order valence-electron chi connectivity index (χ1n) is 9.27. The maximum atomic E-state index is 9.55. The van der Waals surface area contributed by atoms with E-state index in [0.29, 0.717) is 6.04 Å². The summed E-state index contributed by atoms with van der Waals surface area (Å²) >= 11 is 1.69. The van der Waals surface area contributed by atoms with Gasteiger partial charge in [-0.15, -0.1) is 11.3 Å². The maximum absolute atomic E-state index is 9.55. The third-order valence-electron chi connectivity index (χ3n) is 5.31. The van der Waals surface area contributed by atoms with Gasteiger partial charge in [-0.05, 0) is 18.9 Å². The van der Waals surface area contributed by atoms with Crippen molar-refractivity contribution in [1.29, 1.82) is 0 Å². The Morgan fingerprint density at radius 2 is 2.04 bits per heavy atom. The van der Waals surface area contributed by atoms with E-state index in [4.69, 9.17) is 0 Å². The molecule has 2 aromatic heterocycles. The van der Waals surface area contributed by atoms with Crippen LogP contribution in [0.25, 0.3) is 4.96 Å². The van der Waals surface area contributed by atoms with Crippen molar-refractivity contribution in [3.05, 3.63) is 58.9 Å². The number of aliphatic hydroxyl groups is 1. The largest absolute Gasteiger partial charge is 0.396 e. The minimum absolute atomic E-state index is 0.240. The molecule has 4 rings (SSSR count). The predicted molar refractivity (Wildman–Crippen MR) is 105 cm³/mol. The normalized spacial score (nSPS) is 19.4. The summed E-state index contributed by atoms with van der Waals surface area (Å²) in [6, 6.07) is 11.0. The summed E-state index contributed by atoms with van der Waals surface area (Å²) in [5.74, 6) is 0. The molecule has 1 aliphatic heterocycles. The Bertz CT molecular complexity index is 844. The molecular weight excluding hydrogens is 344 g/mol. The second-order valence-electron chi connectivity index (χ2n) is 7.06. The van der Waals surface area contributed by atoms with Crippen LogP contribution in [0.2, 0.25) is 0 Å². The van der Waals surface area contributed by atoms with Gasteiger partial charge in [-0.3, -0.25) is 14.2 Å². The fraction of sp³-hybridized carbons (Fsp3) is 0.450. The van der Waals surface area contributed by atoms with Crippen LogP contribution in [0.1, 0.15) is 23.4 Å². The summed E-state index contributed by atoms with van der Waals surface area (Å²) in [5.41, 5.74) is 3.76. The van der Waals surface area contributed by atoms with Gasteiger partial charge in [0.15, 0.2) is 4.96 Å². The minimum atomic E-state index is 0.240. The number of thiazole rings is 1. The van der Waals surface area contributed by atoms with Gasteiger partial charge in [0.1, 0.15) is 0 Å². The second-order valence-corrected chi connectivity index (χ2v) is 7.93. The average molecular weight is 371 g/mol. The average Bonchev–Trinajstić information content (AvgIpc) is 3.21. The van der Waals surface area contributed by atoms with Gasteiger partial charge in [0.05, 0.1) is 11.4 Å². The molecule has 0 amide bonds. The highest BCUT2D eigenvalue weighted by molar-refractivity contribution is 7.15. The first-order chi connectivity index (χ1) is 12.7. The van der Waals surface area contributed by atoms with Gasteiger partial charge in [-0.25, -0.2) is 4.98 Å². The molecule has 26 heavy (non-hydrogen) atoms. The smallest absolute Gasteiger partial charge is 0.194 e. The maximum Gasteiger partial charge on any atom is 0.194 e. The van der Waals surface area contributed by atoms with Crippen LogP contribution in [-0.2, 0) is 13.1 Å². The van der Waals surface area contributed by atoms with Crippen molar-refractivity contribution in [2.24, 2.45) is 0 Å². The first-order valence-corrected chi connectivity index (χ1v) is 10.1. The molecule has 1 aliphatic rings. The number of hydrogen-bond acceptors (Lipinski definition) is 5. The summed E-state index contributed by atoms with van der Waals surface area (Å²) in [6.45, 7) is 7.29. The zero-order chi connectivity index (χ0) is 17.9. The van der Waals surface area contributed by atoms with Crippen molar-refractivity contribution in [1.82, 2.24) is 19.2 Å². The van der Waals surface area contributed by atoms with Gasteiger partial charge < -0.3 is 5.11 Å². The monoisotopic (exact) mass is 370 g/mol. The highest BCUT2D eigenvalue weighted by atomic mass is 32.1. The fourth-order valence-electron chi connectivity index (χ4n) is 3.89. The summed E-state index contributed by atoms with van der Waals surface area (Å²) in [6.07, 6.45) is 2.94. The van der Waals surface area contributed by atoms with E-state index in [1.54, 1.807) is 11.3 Å². The van der Waals surface area contributed by atoms with Crippen molar-refractivity contribution in [3.63, 3.8) is 0 Å². The van der Waals surface area contributed by atoms with E-state index in [-0.39, 0.29) is 6.61 Å². The number of benzene rings is 1. The number of imidazole rings is 1. The van der Waals surface area contributed by atoms with Crippen molar-refractivity contribution < 1.29 is 5.11 Å². The summed E-state index contributed by atoms with van der Waals surface area (Å²) in [5, 5.41) is 11.6. The molecule has 0 bridgehead atoms. The summed E-state index contributed by atoms with van der Waals surface area (Å²) in [4.78, 5) is 10.8. The molecule has 1 N–H and O–H groups in total. The van der Waals surface area contributed by atoms with Gasteiger partial charge in [0.25, 0.3) is 0 Å². The number of aryl methyl sites for hydroxylation is 1. The van der Waals surface area contributed by atoms with Crippen LogP contribution in [0.4, 0.5) is 0 Å². The van der Waals surface area contributed by atoms with E-state index in [2.05, 4.69) is 68.0 Å². The summed E-state index contributed by atoms with van der Waals surface area (Å²) < 4.78 is 2.22. The Labute approximate surface area is 158 Å². The van der Waals surface area contributed by atoms with Crippen LogP contribution in [0.15, 0.2) is 41.9 Å². The SMILES string of the molecule is Cc1nc2sccn2c1CN1CCN(Cc2ccccc2)[C@H](CCO)C1. The zero-order valence-corrected chi connectivity index (χ0v) is 16.0. The number of fused-ring (bicyclic) bond motifs is 1. The quantitative estimate of drug-likeness (QED) is 0.725. The number of aromatic nitrogens is 2. The molecule has 1 fully saturated rings. The number of piperazine rings is 1. The molecular formula is C20H26N4OS. The van der Waals surface area contributed by atoms with Crippen molar-refractivity contribution in [2.45, 2.75) is 32.5 Å². The number of hydrogen-bond donors (Lipinski definition) is 1. The molecule has 0 radical (unpaired) electrons. The van der Waals surface area contributed by atoms with E-state index in [9.17, 15) is 5.11 Å². The molecule has 3 aromatic rings. The van der Waals surface area contributed by atoms with Gasteiger partial charge in [0.2, 0.25) is 0 Å². The van der Waals surface area contributed by atoms with Crippen molar-refractivity contribution in [2.75, 3.05) is 26.2 Å². The lowest BCUT2D eigenvalue weighted by atomic mass is 10.1. The van der Waals surface area contributed by atoms with E-state index < -0.39 is 0 Å². The molecule has 3 heterocycles. The minimum Gasteiger partial charge on any atom is -0.396 e. The van der Waals surface area contributed by atoms with E-state index in [1.807, 2.05) is 0 Å². The molecule has 0 aliphatic carbocycles. The first kappa shape index (κ1) is 17.7.